The quantitative estimate of drug-likeness (QED) is 0.605. The molecule has 1 aromatic carbocycles. The Hall–Kier alpha value is -2.03. The molecular weight excluding hydrogens is 352 g/mol. The first-order chi connectivity index (χ1) is 13.5. The fourth-order valence-corrected chi connectivity index (χ4v) is 2.78. The van der Waals surface area contributed by atoms with Crippen molar-refractivity contribution in [3.05, 3.63) is 29.8 Å². The number of carbonyl (C=O) groups excluding carboxylic acids is 1. The van der Waals surface area contributed by atoms with E-state index in [2.05, 4.69) is 36.3 Å². The molecule has 28 heavy (non-hydrogen) atoms. The summed E-state index contributed by atoms with van der Waals surface area (Å²) in [7, 11) is 1.96. The van der Waals surface area contributed by atoms with E-state index in [0.29, 0.717) is 13.2 Å². The van der Waals surface area contributed by atoms with E-state index in [1.54, 1.807) is 0 Å². The van der Waals surface area contributed by atoms with Crippen LogP contribution in [0.3, 0.4) is 0 Å². The number of benzene rings is 1. The summed E-state index contributed by atoms with van der Waals surface area (Å²) < 4.78 is 11.4. The van der Waals surface area contributed by atoms with Gasteiger partial charge in [-0.1, -0.05) is 24.5 Å². The van der Waals surface area contributed by atoms with E-state index < -0.39 is 0 Å². The van der Waals surface area contributed by atoms with Gasteiger partial charge in [0.05, 0.1) is 6.61 Å². The van der Waals surface area contributed by atoms with Crippen LogP contribution in [0.2, 0.25) is 0 Å². The van der Waals surface area contributed by atoms with E-state index >= 15 is 0 Å². The summed E-state index contributed by atoms with van der Waals surface area (Å²) in [5.41, 5.74) is 1.09. The van der Waals surface area contributed by atoms with Crippen molar-refractivity contribution in [2.24, 2.45) is 0 Å². The maximum absolute atomic E-state index is 12.0. The predicted molar refractivity (Wildman–Crippen MR) is 112 cm³/mol. The molecule has 0 heterocycles. The second kappa shape index (κ2) is 11.7. The zero-order chi connectivity index (χ0) is 20.2. The van der Waals surface area contributed by atoms with Crippen molar-refractivity contribution in [2.75, 3.05) is 20.3 Å². The van der Waals surface area contributed by atoms with E-state index in [4.69, 9.17) is 9.47 Å². The number of rotatable bonds is 10. The normalized spacial score (nSPS) is 17.0. The highest BCUT2D eigenvalue weighted by molar-refractivity contribution is 5.77. The van der Waals surface area contributed by atoms with Crippen LogP contribution < -0.4 is 15.4 Å². The van der Waals surface area contributed by atoms with Gasteiger partial charge in [0.15, 0.2) is 0 Å². The standard InChI is InChI=1S/C23H34N2O3/c1-23(2,24-3)15-16-27-21-13-11-19(12-14-21)17-25-22(26)18-28-20-9-7-5-4-6-8-10-20/h11-14,20,24H,4-7,9,15-18H2,1-3H3,(H,25,26). The monoisotopic (exact) mass is 386 g/mol. The van der Waals surface area contributed by atoms with Gasteiger partial charge in [0.2, 0.25) is 5.91 Å². The summed E-state index contributed by atoms with van der Waals surface area (Å²) in [6.07, 6.45) is 6.11. The summed E-state index contributed by atoms with van der Waals surface area (Å²) in [5, 5.41) is 6.16. The van der Waals surface area contributed by atoms with Gasteiger partial charge in [-0.3, -0.25) is 4.79 Å². The van der Waals surface area contributed by atoms with Gasteiger partial charge in [-0.25, -0.2) is 0 Å². The van der Waals surface area contributed by atoms with Crippen molar-refractivity contribution in [2.45, 2.75) is 70.6 Å². The Morgan fingerprint density at radius 2 is 2.00 bits per heavy atom. The van der Waals surface area contributed by atoms with Crippen molar-refractivity contribution in [3.8, 4) is 17.6 Å². The fraction of sp³-hybridized carbons (Fsp3) is 0.609. The van der Waals surface area contributed by atoms with Gasteiger partial charge in [0.1, 0.15) is 18.5 Å². The first kappa shape index (κ1) is 22.3. The van der Waals surface area contributed by atoms with Crippen LogP contribution in [0.25, 0.3) is 0 Å². The van der Waals surface area contributed by atoms with Crippen molar-refractivity contribution < 1.29 is 14.3 Å². The minimum absolute atomic E-state index is 0.0573. The predicted octanol–water partition coefficient (Wildman–Crippen LogP) is 3.42. The minimum atomic E-state index is -0.115. The number of hydrogen-bond donors (Lipinski definition) is 2. The molecule has 5 nitrogen and oxygen atoms in total. The summed E-state index contributed by atoms with van der Waals surface area (Å²) in [5.74, 6) is 6.97. The Morgan fingerprint density at radius 3 is 2.75 bits per heavy atom. The zero-order valence-corrected chi connectivity index (χ0v) is 17.5. The molecule has 1 amide bonds. The Balaban J connectivity index is 1.67. The minimum Gasteiger partial charge on any atom is -0.494 e. The molecule has 0 aromatic heterocycles. The largest absolute Gasteiger partial charge is 0.494 e. The Kier molecular flexibility index (Phi) is 9.33. The topological polar surface area (TPSA) is 59.6 Å². The van der Waals surface area contributed by atoms with E-state index in [-0.39, 0.29) is 24.2 Å². The van der Waals surface area contributed by atoms with Gasteiger partial charge in [0.25, 0.3) is 0 Å². The van der Waals surface area contributed by atoms with Crippen LogP contribution in [0.15, 0.2) is 24.3 Å². The average molecular weight is 387 g/mol. The molecule has 1 atom stereocenters. The van der Waals surface area contributed by atoms with Crippen LogP contribution in [0, 0.1) is 11.8 Å². The molecule has 5 heteroatoms. The fourth-order valence-electron chi connectivity index (χ4n) is 2.78. The summed E-state index contributed by atoms with van der Waals surface area (Å²) >= 11 is 0. The van der Waals surface area contributed by atoms with Gasteiger partial charge in [0, 0.05) is 18.5 Å². The molecular formula is C23H34N2O3. The second-order valence-corrected chi connectivity index (χ2v) is 7.87. The van der Waals surface area contributed by atoms with Gasteiger partial charge in [-0.15, -0.1) is 5.92 Å². The molecule has 1 aliphatic carbocycles. The molecule has 0 spiro atoms. The van der Waals surface area contributed by atoms with Crippen molar-refractivity contribution in [1.29, 1.82) is 0 Å². The average Bonchev–Trinajstić information content (AvgIpc) is 2.66. The summed E-state index contributed by atoms with van der Waals surface area (Å²) in [4.78, 5) is 12.0. The molecule has 1 aromatic rings. The number of carbonyl (C=O) groups is 1. The lowest BCUT2D eigenvalue weighted by atomic mass is 10.0. The van der Waals surface area contributed by atoms with Crippen molar-refractivity contribution in [1.82, 2.24) is 10.6 Å². The molecule has 1 unspecified atom stereocenters. The lowest BCUT2D eigenvalue weighted by Crippen LogP contribution is -2.37. The molecule has 2 N–H and O–H groups in total. The van der Waals surface area contributed by atoms with E-state index in [9.17, 15) is 4.79 Å². The molecule has 1 aliphatic rings. The van der Waals surface area contributed by atoms with Crippen molar-refractivity contribution in [3.63, 3.8) is 0 Å². The number of amides is 1. The lowest BCUT2D eigenvalue weighted by molar-refractivity contribution is -0.127. The smallest absolute Gasteiger partial charge is 0.246 e. The van der Waals surface area contributed by atoms with Crippen LogP contribution in [0.4, 0.5) is 0 Å². The van der Waals surface area contributed by atoms with E-state index in [1.807, 2.05) is 31.3 Å². The van der Waals surface area contributed by atoms with Gasteiger partial charge in [-0.05, 0) is 64.3 Å². The van der Waals surface area contributed by atoms with Crippen LogP contribution in [-0.2, 0) is 16.1 Å². The second-order valence-electron chi connectivity index (χ2n) is 7.87. The van der Waals surface area contributed by atoms with Crippen LogP contribution in [-0.4, -0.2) is 37.8 Å². The highest BCUT2D eigenvalue weighted by atomic mass is 16.5. The van der Waals surface area contributed by atoms with Gasteiger partial charge in [-0.2, -0.15) is 0 Å². The van der Waals surface area contributed by atoms with Crippen LogP contribution >= 0.6 is 0 Å². The molecule has 0 radical (unpaired) electrons. The highest BCUT2D eigenvalue weighted by Crippen LogP contribution is 2.15. The molecule has 0 saturated carbocycles. The molecule has 0 fully saturated rings. The van der Waals surface area contributed by atoms with E-state index in [1.165, 1.54) is 6.42 Å². The number of ether oxygens (including phenoxy) is 2. The highest BCUT2D eigenvalue weighted by Gasteiger charge is 2.14. The first-order valence-electron chi connectivity index (χ1n) is 10.3. The lowest BCUT2D eigenvalue weighted by Gasteiger charge is -2.23. The third-order valence-corrected chi connectivity index (χ3v) is 5.03. The number of hydrogen-bond acceptors (Lipinski definition) is 4. The third-order valence-electron chi connectivity index (χ3n) is 5.03. The van der Waals surface area contributed by atoms with Gasteiger partial charge < -0.3 is 20.1 Å². The molecule has 0 bridgehead atoms. The van der Waals surface area contributed by atoms with Crippen LogP contribution in [0.1, 0.15) is 57.9 Å². The first-order valence-corrected chi connectivity index (χ1v) is 10.3. The molecule has 0 aliphatic heterocycles. The molecule has 154 valence electrons. The number of nitrogens with one attached hydrogen (secondary N) is 2. The maximum Gasteiger partial charge on any atom is 0.246 e. The summed E-state index contributed by atoms with van der Waals surface area (Å²) in [6, 6.07) is 7.82. The molecule has 2 rings (SSSR count). The maximum atomic E-state index is 12.0. The third kappa shape index (κ3) is 8.77. The SMILES string of the molecule is CNC(C)(C)CCOc1ccc(CNC(=O)COC2C#CCCCCC2)cc1. The Labute approximate surface area is 169 Å². The van der Waals surface area contributed by atoms with Crippen molar-refractivity contribution >= 4 is 5.91 Å². The van der Waals surface area contributed by atoms with Gasteiger partial charge >= 0.3 is 0 Å². The Bertz CT molecular complexity index is 659. The van der Waals surface area contributed by atoms with Crippen LogP contribution in [0.5, 0.6) is 5.75 Å². The zero-order valence-electron chi connectivity index (χ0n) is 17.5. The van der Waals surface area contributed by atoms with E-state index in [0.717, 1.165) is 43.4 Å². The Morgan fingerprint density at radius 1 is 1.21 bits per heavy atom. The summed E-state index contributed by atoms with van der Waals surface area (Å²) in [6.45, 7) is 5.49. The molecule has 0 saturated heterocycles.